The molecule has 10 nitrogen and oxygen atoms in total. The molecule has 0 bridgehead atoms. The summed E-state index contributed by atoms with van der Waals surface area (Å²) in [6.07, 6.45) is 1.94. The van der Waals surface area contributed by atoms with Crippen LogP contribution in [0, 0.1) is 0 Å². The third kappa shape index (κ3) is 6.69. The molecule has 4 atom stereocenters. The minimum absolute atomic E-state index is 0.136. The van der Waals surface area contributed by atoms with Crippen molar-refractivity contribution in [3.05, 3.63) is 101 Å². The summed E-state index contributed by atoms with van der Waals surface area (Å²) in [5.74, 6) is -1.27. The van der Waals surface area contributed by atoms with Crippen LogP contribution in [0.5, 0.6) is 0 Å². The van der Waals surface area contributed by atoms with Gasteiger partial charge in [0.15, 0.2) is 0 Å². The van der Waals surface area contributed by atoms with Gasteiger partial charge in [-0.25, -0.2) is 4.79 Å². The van der Waals surface area contributed by atoms with Gasteiger partial charge in [0.2, 0.25) is 17.7 Å². The zero-order valence-corrected chi connectivity index (χ0v) is 25.0. The lowest BCUT2D eigenvalue weighted by atomic mass is 9.87. The van der Waals surface area contributed by atoms with Crippen LogP contribution in [0.15, 0.2) is 72.8 Å². The SMILES string of the molecule is CC(C(=O)NC(Cc1ccc(N)cc1)C(=O)N1Cc2ccccc2CC1C(=O)N[C@@H]1CCCc2ccccc21)N(C)C(=O)O. The standard InChI is InChI=1S/C34H39N5O5/c1-21(38(2)34(43)44)31(40)37-29(18-22-14-16-26(35)17-15-22)33(42)39-20-25-10-4-3-9-24(25)19-30(39)32(41)36-28-13-7-11-23-8-5-6-12-27(23)28/h3-6,8-10,12,14-17,21,28-30H,7,11,13,18-20,35H2,1-2H3,(H,36,41)(H,37,40)(H,43,44)/t21?,28-,29?,30?/m1/s1. The fourth-order valence-corrected chi connectivity index (χ4v) is 6.08. The van der Waals surface area contributed by atoms with Crippen LogP contribution in [0.1, 0.15) is 53.6 Å². The predicted octanol–water partition coefficient (Wildman–Crippen LogP) is 3.44. The number of carbonyl (C=O) groups excluding carboxylic acids is 3. The van der Waals surface area contributed by atoms with Crippen molar-refractivity contribution in [2.24, 2.45) is 0 Å². The number of hydrogen-bond donors (Lipinski definition) is 4. The van der Waals surface area contributed by atoms with Gasteiger partial charge in [0.1, 0.15) is 18.1 Å². The first kappa shape index (κ1) is 30.6. The molecule has 5 N–H and O–H groups in total. The molecule has 0 radical (unpaired) electrons. The Bertz CT molecular complexity index is 1540. The number of fused-ring (bicyclic) bond motifs is 2. The van der Waals surface area contributed by atoms with Crippen LogP contribution < -0.4 is 16.4 Å². The summed E-state index contributed by atoms with van der Waals surface area (Å²) < 4.78 is 0. The molecule has 230 valence electrons. The number of nitrogen functional groups attached to an aromatic ring is 1. The summed E-state index contributed by atoms with van der Waals surface area (Å²) in [4.78, 5) is 55.7. The number of nitrogens with zero attached hydrogens (tertiary/aromatic N) is 2. The normalized spacial score (nSPS) is 18.6. The van der Waals surface area contributed by atoms with E-state index in [1.165, 1.54) is 19.5 Å². The molecule has 1 heterocycles. The summed E-state index contributed by atoms with van der Waals surface area (Å²) in [6.45, 7) is 1.66. The third-order valence-corrected chi connectivity index (χ3v) is 8.82. The molecule has 1 aliphatic carbocycles. The van der Waals surface area contributed by atoms with E-state index < -0.39 is 36.0 Å². The van der Waals surface area contributed by atoms with E-state index in [1.807, 2.05) is 42.5 Å². The number of nitrogens with one attached hydrogen (secondary N) is 2. The van der Waals surface area contributed by atoms with Crippen molar-refractivity contribution >= 4 is 29.5 Å². The number of carboxylic acid groups (broad SMARTS) is 1. The molecule has 3 aromatic carbocycles. The van der Waals surface area contributed by atoms with Crippen molar-refractivity contribution < 1.29 is 24.3 Å². The van der Waals surface area contributed by atoms with Crippen LogP contribution in [0.3, 0.4) is 0 Å². The molecule has 2 aliphatic rings. The van der Waals surface area contributed by atoms with E-state index in [9.17, 15) is 24.3 Å². The highest BCUT2D eigenvalue weighted by atomic mass is 16.4. The molecule has 3 unspecified atom stereocenters. The number of carbonyl (C=O) groups is 4. The smallest absolute Gasteiger partial charge is 0.407 e. The van der Waals surface area contributed by atoms with E-state index in [1.54, 1.807) is 29.2 Å². The van der Waals surface area contributed by atoms with Crippen molar-refractivity contribution in [1.82, 2.24) is 20.4 Å². The maximum Gasteiger partial charge on any atom is 0.407 e. The molecule has 0 spiro atoms. The molecule has 3 aromatic rings. The average Bonchev–Trinajstić information content (AvgIpc) is 3.03. The topological polar surface area (TPSA) is 145 Å². The number of likely N-dealkylation sites (N-methyl/N-ethyl adjacent to an activating group) is 1. The second-order valence-electron chi connectivity index (χ2n) is 11.7. The maximum atomic E-state index is 14.4. The highest BCUT2D eigenvalue weighted by molar-refractivity contribution is 5.94. The first-order valence-electron chi connectivity index (χ1n) is 15.0. The molecule has 4 amide bonds. The highest BCUT2D eigenvalue weighted by Gasteiger charge is 2.39. The molecule has 10 heteroatoms. The molecule has 0 saturated carbocycles. The summed E-state index contributed by atoms with van der Waals surface area (Å²) in [6, 6.07) is 19.8. The Morgan fingerprint density at radius 3 is 2.34 bits per heavy atom. The Morgan fingerprint density at radius 2 is 1.64 bits per heavy atom. The molecule has 44 heavy (non-hydrogen) atoms. The molecule has 5 rings (SSSR count). The molecule has 0 fully saturated rings. The van der Waals surface area contributed by atoms with Crippen LogP contribution in [0.25, 0.3) is 0 Å². The highest BCUT2D eigenvalue weighted by Crippen LogP contribution is 2.31. The predicted molar refractivity (Wildman–Crippen MR) is 166 cm³/mol. The van der Waals surface area contributed by atoms with Gasteiger partial charge in [-0.1, -0.05) is 60.7 Å². The van der Waals surface area contributed by atoms with Crippen molar-refractivity contribution in [1.29, 1.82) is 0 Å². The van der Waals surface area contributed by atoms with Crippen molar-refractivity contribution in [2.75, 3.05) is 12.8 Å². The largest absolute Gasteiger partial charge is 0.465 e. The number of rotatable bonds is 8. The number of nitrogens with two attached hydrogens (primary N) is 1. The Morgan fingerprint density at radius 1 is 0.977 bits per heavy atom. The number of benzene rings is 3. The first-order valence-corrected chi connectivity index (χ1v) is 15.0. The van der Waals surface area contributed by atoms with Gasteiger partial charge in [-0.3, -0.25) is 19.3 Å². The van der Waals surface area contributed by atoms with Crippen LogP contribution in [-0.4, -0.2) is 63.9 Å². The monoisotopic (exact) mass is 597 g/mol. The molecule has 0 saturated heterocycles. The van der Waals surface area contributed by atoms with Gasteiger partial charge in [-0.15, -0.1) is 0 Å². The molecular weight excluding hydrogens is 558 g/mol. The van der Waals surface area contributed by atoms with Crippen LogP contribution >= 0.6 is 0 Å². The third-order valence-electron chi connectivity index (χ3n) is 8.82. The second-order valence-corrected chi connectivity index (χ2v) is 11.7. The number of aryl methyl sites for hydroxylation is 1. The summed E-state index contributed by atoms with van der Waals surface area (Å²) >= 11 is 0. The van der Waals surface area contributed by atoms with Gasteiger partial charge in [-0.05, 0) is 66.1 Å². The minimum Gasteiger partial charge on any atom is -0.465 e. The van der Waals surface area contributed by atoms with Gasteiger partial charge in [0, 0.05) is 32.1 Å². The molecular formula is C34H39N5O5. The van der Waals surface area contributed by atoms with Gasteiger partial charge in [-0.2, -0.15) is 0 Å². The summed E-state index contributed by atoms with van der Waals surface area (Å²) in [5, 5.41) is 15.4. The quantitative estimate of drug-likeness (QED) is 0.293. The number of amides is 4. The molecule has 0 aromatic heterocycles. The lowest BCUT2D eigenvalue weighted by Crippen LogP contribution is -2.59. The van der Waals surface area contributed by atoms with Crippen LogP contribution in [-0.2, 0) is 40.2 Å². The van der Waals surface area contributed by atoms with E-state index in [0.29, 0.717) is 12.1 Å². The zero-order valence-electron chi connectivity index (χ0n) is 25.0. The van der Waals surface area contributed by atoms with Crippen molar-refractivity contribution in [3.63, 3.8) is 0 Å². The number of hydrogen-bond acceptors (Lipinski definition) is 5. The number of anilines is 1. The van der Waals surface area contributed by atoms with Crippen LogP contribution in [0.4, 0.5) is 10.5 Å². The van der Waals surface area contributed by atoms with Gasteiger partial charge in [0.25, 0.3) is 0 Å². The van der Waals surface area contributed by atoms with E-state index in [4.69, 9.17) is 5.73 Å². The lowest BCUT2D eigenvalue weighted by Gasteiger charge is -2.39. The Hall–Kier alpha value is -4.86. The Balaban J connectivity index is 1.44. The average molecular weight is 598 g/mol. The van der Waals surface area contributed by atoms with E-state index >= 15 is 0 Å². The van der Waals surface area contributed by atoms with E-state index in [2.05, 4.69) is 16.7 Å². The Kier molecular flexibility index (Phi) is 9.18. The van der Waals surface area contributed by atoms with Gasteiger partial charge in [0.05, 0.1) is 6.04 Å². The van der Waals surface area contributed by atoms with Crippen molar-refractivity contribution in [3.8, 4) is 0 Å². The fraction of sp³-hybridized carbons (Fsp3) is 0.353. The fourth-order valence-electron chi connectivity index (χ4n) is 6.08. The lowest BCUT2D eigenvalue weighted by molar-refractivity contribution is -0.145. The van der Waals surface area contributed by atoms with E-state index in [0.717, 1.165) is 46.4 Å². The van der Waals surface area contributed by atoms with Crippen molar-refractivity contribution in [2.45, 2.75) is 69.7 Å². The molecule has 1 aliphatic heterocycles. The minimum atomic E-state index is -1.26. The van der Waals surface area contributed by atoms with Crippen LogP contribution in [0.2, 0.25) is 0 Å². The summed E-state index contributed by atoms with van der Waals surface area (Å²) in [5.41, 5.74) is 11.4. The summed E-state index contributed by atoms with van der Waals surface area (Å²) in [7, 11) is 1.30. The Labute approximate surface area is 257 Å². The van der Waals surface area contributed by atoms with Gasteiger partial charge >= 0.3 is 6.09 Å². The van der Waals surface area contributed by atoms with Gasteiger partial charge < -0.3 is 26.4 Å². The second kappa shape index (κ2) is 13.2. The maximum absolute atomic E-state index is 14.4. The zero-order chi connectivity index (χ0) is 31.4. The van der Waals surface area contributed by atoms with E-state index in [-0.39, 0.29) is 24.9 Å². The first-order chi connectivity index (χ1) is 21.1.